The smallest absolute Gasteiger partial charge is 0.315 e. The van der Waals surface area contributed by atoms with E-state index in [0.29, 0.717) is 24.8 Å². The quantitative estimate of drug-likeness (QED) is 0.780. The molecule has 0 saturated carbocycles. The van der Waals surface area contributed by atoms with Crippen LogP contribution in [0.3, 0.4) is 0 Å². The van der Waals surface area contributed by atoms with E-state index in [4.69, 9.17) is 0 Å². The molecule has 2 N–H and O–H groups in total. The number of amides is 1. The van der Waals surface area contributed by atoms with Crippen molar-refractivity contribution in [3.63, 3.8) is 0 Å². The van der Waals surface area contributed by atoms with Gasteiger partial charge in [0.15, 0.2) is 0 Å². The number of hydrogen-bond donors (Lipinski definition) is 2. The number of carbonyl (C=O) groups excluding carboxylic acids is 1. The number of aliphatic carboxylic acids is 1. The number of nitrogens with one attached hydrogen (secondary N) is 1. The molecule has 1 unspecified atom stereocenters. The van der Waals surface area contributed by atoms with Gasteiger partial charge in [0.25, 0.3) is 0 Å². The second kappa shape index (κ2) is 7.92. The molecule has 0 aliphatic heterocycles. The summed E-state index contributed by atoms with van der Waals surface area (Å²) in [5, 5.41) is 14.5. The Kier molecular flexibility index (Phi) is 5.93. The van der Waals surface area contributed by atoms with E-state index in [1.807, 2.05) is 42.6 Å². The molecule has 0 aliphatic carbocycles. The molecule has 0 saturated heterocycles. The zero-order valence-electron chi connectivity index (χ0n) is 13.1. The van der Waals surface area contributed by atoms with Gasteiger partial charge in [-0.3, -0.25) is 9.59 Å². The van der Waals surface area contributed by atoms with Crippen molar-refractivity contribution in [2.45, 2.75) is 31.6 Å². The van der Waals surface area contributed by atoms with E-state index in [0.717, 1.165) is 4.88 Å². The first-order valence-electron chi connectivity index (χ1n) is 7.66. The van der Waals surface area contributed by atoms with E-state index >= 15 is 0 Å². The molecule has 0 spiro atoms. The van der Waals surface area contributed by atoms with E-state index < -0.39 is 11.4 Å². The van der Waals surface area contributed by atoms with Gasteiger partial charge in [-0.2, -0.15) is 0 Å². The van der Waals surface area contributed by atoms with E-state index in [-0.39, 0.29) is 12.5 Å². The Morgan fingerprint density at radius 2 is 1.91 bits per heavy atom. The highest BCUT2D eigenvalue weighted by atomic mass is 32.1. The Bertz CT molecular complexity index is 640. The minimum absolute atomic E-state index is 0.103. The molecule has 1 aromatic heterocycles. The number of rotatable bonds is 8. The van der Waals surface area contributed by atoms with Crippen LogP contribution in [0.2, 0.25) is 0 Å². The monoisotopic (exact) mass is 331 g/mol. The number of carboxylic acids is 1. The van der Waals surface area contributed by atoms with Gasteiger partial charge < -0.3 is 10.4 Å². The standard InChI is InChI=1S/C18H21NO3S/c1-2-18(17(21)22,14-7-4-3-5-8-14)13-19-16(20)11-10-15-9-6-12-23-15/h3-9,12H,2,10-11,13H2,1H3,(H,19,20)(H,21,22). The minimum atomic E-state index is -1.08. The van der Waals surface area contributed by atoms with Crippen LogP contribution in [0.5, 0.6) is 0 Å². The number of carboxylic acid groups (broad SMARTS) is 1. The fourth-order valence-electron chi connectivity index (χ4n) is 2.57. The average Bonchev–Trinajstić information content (AvgIpc) is 3.08. The lowest BCUT2D eigenvalue weighted by Gasteiger charge is -2.29. The van der Waals surface area contributed by atoms with E-state index in [1.165, 1.54) is 0 Å². The third-order valence-corrected chi connectivity index (χ3v) is 5.04. The Balaban J connectivity index is 2.01. The largest absolute Gasteiger partial charge is 0.481 e. The molecule has 0 aliphatic rings. The normalized spacial score (nSPS) is 13.3. The van der Waals surface area contributed by atoms with Crippen LogP contribution in [0, 0.1) is 0 Å². The minimum Gasteiger partial charge on any atom is -0.481 e. The molecule has 0 fully saturated rings. The molecule has 0 radical (unpaired) electrons. The molecule has 1 amide bonds. The van der Waals surface area contributed by atoms with Gasteiger partial charge in [-0.1, -0.05) is 43.3 Å². The lowest BCUT2D eigenvalue weighted by molar-refractivity contribution is -0.144. The van der Waals surface area contributed by atoms with Gasteiger partial charge in [0.2, 0.25) is 5.91 Å². The van der Waals surface area contributed by atoms with Crippen LogP contribution >= 0.6 is 11.3 Å². The molecule has 23 heavy (non-hydrogen) atoms. The maximum Gasteiger partial charge on any atom is 0.315 e. The van der Waals surface area contributed by atoms with Crippen molar-refractivity contribution in [3.8, 4) is 0 Å². The summed E-state index contributed by atoms with van der Waals surface area (Å²) in [5.74, 6) is -1.03. The summed E-state index contributed by atoms with van der Waals surface area (Å²) in [6.45, 7) is 1.94. The molecular formula is C18H21NO3S. The topological polar surface area (TPSA) is 66.4 Å². The fourth-order valence-corrected chi connectivity index (χ4v) is 3.28. The molecule has 0 bridgehead atoms. The second-order valence-electron chi connectivity index (χ2n) is 5.46. The number of carbonyl (C=O) groups is 2. The van der Waals surface area contributed by atoms with Gasteiger partial charge >= 0.3 is 5.97 Å². The maximum absolute atomic E-state index is 12.1. The predicted molar refractivity (Wildman–Crippen MR) is 91.7 cm³/mol. The molecule has 2 rings (SSSR count). The SMILES string of the molecule is CCC(CNC(=O)CCc1cccs1)(C(=O)O)c1ccccc1. The van der Waals surface area contributed by atoms with Crippen molar-refractivity contribution < 1.29 is 14.7 Å². The molecular weight excluding hydrogens is 310 g/mol. The van der Waals surface area contributed by atoms with Crippen molar-refractivity contribution in [2.24, 2.45) is 0 Å². The van der Waals surface area contributed by atoms with Gasteiger partial charge in [0.05, 0.1) is 0 Å². The van der Waals surface area contributed by atoms with Crippen molar-refractivity contribution in [2.75, 3.05) is 6.54 Å². The molecule has 5 heteroatoms. The molecule has 1 heterocycles. The summed E-state index contributed by atoms with van der Waals surface area (Å²) in [5.41, 5.74) is -0.367. The Hall–Kier alpha value is -2.14. The Morgan fingerprint density at radius 1 is 1.17 bits per heavy atom. The first kappa shape index (κ1) is 17.2. The van der Waals surface area contributed by atoms with Gasteiger partial charge in [0, 0.05) is 17.8 Å². The van der Waals surface area contributed by atoms with Gasteiger partial charge in [0.1, 0.15) is 5.41 Å². The third-order valence-electron chi connectivity index (χ3n) is 4.11. The number of aryl methyl sites for hydroxylation is 1. The highest BCUT2D eigenvalue weighted by molar-refractivity contribution is 7.09. The summed E-state index contributed by atoms with van der Waals surface area (Å²) in [7, 11) is 0. The van der Waals surface area contributed by atoms with E-state index in [9.17, 15) is 14.7 Å². The van der Waals surface area contributed by atoms with Crippen molar-refractivity contribution in [1.82, 2.24) is 5.32 Å². The first-order chi connectivity index (χ1) is 11.1. The number of thiophene rings is 1. The second-order valence-corrected chi connectivity index (χ2v) is 6.50. The first-order valence-corrected chi connectivity index (χ1v) is 8.54. The highest BCUT2D eigenvalue weighted by Crippen LogP contribution is 2.28. The van der Waals surface area contributed by atoms with Gasteiger partial charge in [-0.15, -0.1) is 11.3 Å². The van der Waals surface area contributed by atoms with Crippen LogP contribution in [-0.2, 0) is 21.4 Å². The summed E-state index contributed by atoms with van der Waals surface area (Å²) < 4.78 is 0. The fraction of sp³-hybridized carbons (Fsp3) is 0.333. The lowest BCUT2D eigenvalue weighted by atomic mass is 9.78. The molecule has 2 aromatic rings. The van der Waals surface area contributed by atoms with Gasteiger partial charge in [-0.05, 0) is 29.9 Å². The number of benzene rings is 1. The summed E-state index contributed by atoms with van der Waals surface area (Å²) in [4.78, 5) is 25.1. The maximum atomic E-state index is 12.1. The van der Waals surface area contributed by atoms with Crippen LogP contribution in [0.15, 0.2) is 47.8 Å². The van der Waals surface area contributed by atoms with Gasteiger partial charge in [-0.25, -0.2) is 0 Å². The average molecular weight is 331 g/mol. The van der Waals surface area contributed by atoms with Crippen LogP contribution in [-0.4, -0.2) is 23.5 Å². The lowest BCUT2D eigenvalue weighted by Crippen LogP contribution is -2.46. The molecule has 4 nitrogen and oxygen atoms in total. The molecule has 1 aromatic carbocycles. The van der Waals surface area contributed by atoms with Crippen molar-refractivity contribution in [3.05, 3.63) is 58.3 Å². The van der Waals surface area contributed by atoms with E-state index in [2.05, 4.69) is 5.32 Å². The van der Waals surface area contributed by atoms with Crippen LogP contribution < -0.4 is 5.32 Å². The predicted octanol–water partition coefficient (Wildman–Crippen LogP) is 3.23. The van der Waals surface area contributed by atoms with Crippen LogP contribution in [0.1, 0.15) is 30.2 Å². The molecule has 122 valence electrons. The third kappa shape index (κ3) is 4.20. The highest BCUT2D eigenvalue weighted by Gasteiger charge is 2.38. The van der Waals surface area contributed by atoms with Crippen molar-refractivity contribution in [1.29, 1.82) is 0 Å². The summed E-state index contributed by atoms with van der Waals surface area (Å²) >= 11 is 1.62. The molecule has 1 atom stereocenters. The number of hydrogen-bond acceptors (Lipinski definition) is 3. The summed E-state index contributed by atoms with van der Waals surface area (Å²) in [6.07, 6.45) is 1.47. The van der Waals surface area contributed by atoms with E-state index in [1.54, 1.807) is 23.5 Å². The zero-order chi connectivity index (χ0) is 16.7. The Labute approximate surface area is 140 Å². The van der Waals surface area contributed by atoms with Crippen LogP contribution in [0.4, 0.5) is 0 Å². The zero-order valence-corrected chi connectivity index (χ0v) is 13.9. The Morgan fingerprint density at radius 3 is 2.48 bits per heavy atom. The summed E-state index contributed by atoms with van der Waals surface area (Å²) in [6, 6.07) is 13.0. The van der Waals surface area contributed by atoms with Crippen LogP contribution in [0.25, 0.3) is 0 Å². The van der Waals surface area contributed by atoms with Crippen molar-refractivity contribution >= 4 is 23.2 Å².